The highest BCUT2D eigenvalue weighted by Crippen LogP contribution is 2.18. The van der Waals surface area contributed by atoms with E-state index in [1.54, 1.807) is 18.3 Å². The van der Waals surface area contributed by atoms with E-state index in [1.807, 2.05) is 6.07 Å². The van der Waals surface area contributed by atoms with Crippen molar-refractivity contribution >= 4 is 17.1 Å². The lowest BCUT2D eigenvalue weighted by atomic mass is 10.3. The van der Waals surface area contributed by atoms with Gasteiger partial charge in [-0.2, -0.15) is 0 Å². The molecular formula is C11H16N2OS. The Morgan fingerprint density at radius 3 is 2.80 bits per heavy atom. The van der Waals surface area contributed by atoms with Crippen LogP contribution >= 0.6 is 11.3 Å². The van der Waals surface area contributed by atoms with Crippen LogP contribution in [0.25, 0.3) is 0 Å². The van der Waals surface area contributed by atoms with Crippen LogP contribution < -0.4 is 5.32 Å². The van der Waals surface area contributed by atoms with E-state index in [4.69, 9.17) is 0 Å². The number of hydrogen-bond acceptors (Lipinski definition) is 4. The standard InChI is InChI=1S/C11H16N2OS/c1-9(14)11-3-2-10(15-11)8-13-6-4-12-5-7-13/h2-3,12H,4-8H2,1H3. The third-order valence-corrected chi connectivity index (χ3v) is 3.77. The number of piperazine rings is 1. The Kier molecular flexibility index (Phi) is 3.51. The second kappa shape index (κ2) is 4.88. The quantitative estimate of drug-likeness (QED) is 0.787. The predicted molar refractivity (Wildman–Crippen MR) is 62.5 cm³/mol. The summed E-state index contributed by atoms with van der Waals surface area (Å²) in [5.74, 6) is 0.173. The molecule has 0 radical (unpaired) electrons. The lowest BCUT2D eigenvalue weighted by Gasteiger charge is -2.26. The van der Waals surface area contributed by atoms with Gasteiger partial charge in [-0.15, -0.1) is 11.3 Å². The molecule has 2 rings (SSSR count). The van der Waals surface area contributed by atoms with E-state index in [2.05, 4.69) is 16.3 Å². The number of thiophene rings is 1. The minimum Gasteiger partial charge on any atom is -0.314 e. The highest BCUT2D eigenvalue weighted by Gasteiger charge is 2.11. The fraction of sp³-hybridized carbons (Fsp3) is 0.545. The van der Waals surface area contributed by atoms with Gasteiger partial charge in [-0.05, 0) is 19.1 Å². The molecule has 0 spiro atoms. The molecule has 1 N–H and O–H groups in total. The second-order valence-corrected chi connectivity index (χ2v) is 5.02. The minimum absolute atomic E-state index is 0.173. The van der Waals surface area contributed by atoms with Gasteiger partial charge in [0.2, 0.25) is 0 Å². The van der Waals surface area contributed by atoms with Crippen molar-refractivity contribution in [1.82, 2.24) is 10.2 Å². The first-order valence-electron chi connectivity index (χ1n) is 5.28. The van der Waals surface area contributed by atoms with Crippen LogP contribution in [0.5, 0.6) is 0 Å². The number of carbonyl (C=O) groups is 1. The third kappa shape index (κ3) is 2.87. The minimum atomic E-state index is 0.173. The summed E-state index contributed by atoms with van der Waals surface area (Å²) in [4.78, 5) is 15.7. The van der Waals surface area contributed by atoms with Gasteiger partial charge in [0.15, 0.2) is 5.78 Å². The molecule has 0 amide bonds. The topological polar surface area (TPSA) is 32.3 Å². The third-order valence-electron chi connectivity index (χ3n) is 2.60. The second-order valence-electron chi connectivity index (χ2n) is 3.85. The molecule has 1 aromatic rings. The molecule has 1 aromatic heterocycles. The van der Waals surface area contributed by atoms with E-state index in [0.717, 1.165) is 37.6 Å². The summed E-state index contributed by atoms with van der Waals surface area (Å²) in [6.45, 7) is 6.97. The molecular weight excluding hydrogens is 208 g/mol. The Labute approximate surface area is 94.1 Å². The van der Waals surface area contributed by atoms with E-state index in [-0.39, 0.29) is 5.78 Å². The zero-order valence-electron chi connectivity index (χ0n) is 8.95. The average Bonchev–Trinajstić information content (AvgIpc) is 2.68. The van der Waals surface area contributed by atoms with Gasteiger partial charge >= 0.3 is 0 Å². The van der Waals surface area contributed by atoms with Gasteiger partial charge in [-0.25, -0.2) is 0 Å². The van der Waals surface area contributed by atoms with E-state index in [1.165, 1.54) is 4.88 Å². The highest BCUT2D eigenvalue weighted by atomic mass is 32.1. The zero-order valence-corrected chi connectivity index (χ0v) is 9.77. The lowest BCUT2D eigenvalue weighted by Crippen LogP contribution is -2.42. The van der Waals surface area contributed by atoms with E-state index < -0.39 is 0 Å². The summed E-state index contributed by atoms with van der Waals surface area (Å²) in [7, 11) is 0. The van der Waals surface area contributed by atoms with Crippen molar-refractivity contribution in [2.45, 2.75) is 13.5 Å². The number of nitrogens with zero attached hydrogens (tertiary/aromatic N) is 1. The van der Waals surface area contributed by atoms with Crippen LogP contribution in [-0.4, -0.2) is 36.9 Å². The summed E-state index contributed by atoms with van der Waals surface area (Å²) in [5, 5.41) is 3.33. The van der Waals surface area contributed by atoms with Crippen LogP contribution in [0, 0.1) is 0 Å². The van der Waals surface area contributed by atoms with Crippen LogP contribution in [0.3, 0.4) is 0 Å². The Hall–Kier alpha value is -0.710. The molecule has 4 heteroatoms. The average molecular weight is 224 g/mol. The Bertz CT molecular complexity index is 342. The normalized spacial score (nSPS) is 17.9. The summed E-state index contributed by atoms with van der Waals surface area (Å²) >= 11 is 1.62. The molecule has 1 saturated heterocycles. The van der Waals surface area contributed by atoms with Crippen molar-refractivity contribution in [3.63, 3.8) is 0 Å². The number of rotatable bonds is 3. The Balaban J connectivity index is 1.94. The van der Waals surface area contributed by atoms with E-state index in [0.29, 0.717) is 0 Å². The smallest absolute Gasteiger partial charge is 0.169 e. The Morgan fingerprint density at radius 2 is 2.20 bits per heavy atom. The fourth-order valence-corrected chi connectivity index (χ4v) is 2.69. The van der Waals surface area contributed by atoms with Gasteiger partial charge in [-0.1, -0.05) is 0 Å². The van der Waals surface area contributed by atoms with Crippen LogP contribution in [0.1, 0.15) is 21.5 Å². The molecule has 0 saturated carbocycles. The number of hydrogen-bond donors (Lipinski definition) is 1. The van der Waals surface area contributed by atoms with Crippen molar-refractivity contribution in [2.75, 3.05) is 26.2 Å². The van der Waals surface area contributed by atoms with Gasteiger partial charge in [0, 0.05) is 37.6 Å². The predicted octanol–water partition coefficient (Wildman–Crippen LogP) is 1.36. The maximum absolute atomic E-state index is 11.1. The number of nitrogens with one attached hydrogen (secondary N) is 1. The summed E-state index contributed by atoms with van der Waals surface area (Å²) < 4.78 is 0. The lowest BCUT2D eigenvalue weighted by molar-refractivity contribution is 0.102. The summed E-state index contributed by atoms with van der Waals surface area (Å²) in [5.41, 5.74) is 0. The zero-order chi connectivity index (χ0) is 10.7. The van der Waals surface area contributed by atoms with Crippen LogP contribution in [0.2, 0.25) is 0 Å². The van der Waals surface area contributed by atoms with Gasteiger partial charge in [0.05, 0.1) is 4.88 Å². The van der Waals surface area contributed by atoms with Gasteiger partial charge < -0.3 is 5.32 Å². The van der Waals surface area contributed by atoms with Gasteiger partial charge in [0.1, 0.15) is 0 Å². The number of carbonyl (C=O) groups excluding carboxylic acids is 1. The molecule has 0 bridgehead atoms. The van der Waals surface area contributed by atoms with Crippen molar-refractivity contribution in [3.05, 3.63) is 21.9 Å². The molecule has 1 aliphatic rings. The SMILES string of the molecule is CC(=O)c1ccc(CN2CCNCC2)s1. The number of ketones is 1. The van der Waals surface area contributed by atoms with E-state index in [9.17, 15) is 4.79 Å². The first kappa shape index (κ1) is 10.8. The van der Waals surface area contributed by atoms with Gasteiger partial charge in [0.25, 0.3) is 0 Å². The summed E-state index contributed by atoms with van der Waals surface area (Å²) in [6, 6.07) is 4.01. The van der Waals surface area contributed by atoms with Crippen molar-refractivity contribution in [3.8, 4) is 0 Å². The van der Waals surface area contributed by atoms with E-state index >= 15 is 0 Å². The molecule has 3 nitrogen and oxygen atoms in total. The molecule has 1 fully saturated rings. The molecule has 0 aromatic carbocycles. The van der Waals surface area contributed by atoms with Crippen molar-refractivity contribution < 1.29 is 4.79 Å². The highest BCUT2D eigenvalue weighted by molar-refractivity contribution is 7.14. The number of Topliss-reactive ketones (excluding diaryl/α,β-unsaturated/α-hetero) is 1. The summed E-state index contributed by atoms with van der Waals surface area (Å²) in [6.07, 6.45) is 0. The molecule has 0 aliphatic carbocycles. The Morgan fingerprint density at radius 1 is 1.47 bits per heavy atom. The molecule has 2 heterocycles. The molecule has 0 unspecified atom stereocenters. The van der Waals surface area contributed by atoms with Crippen LogP contribution in [0.4, 0.5) is 0 Å². The largest absolute Gasteiger partial charge is 0.314 e. The first-order chi connectivity index (χ1) is 7.25. The van der Waals surface area contributed by atoms with Crippen LogP contribution in [0.15, 0.2) is 12.1 Å². The maximum atomic E-state index is 11.1. The van der Waals surface area contributed by atoms with Gasteiger partial charge in [-0.3, -0.25) is 9.69 Å². The van der Waals surface area contributed by atoms with Crippen molar-refractivity contribution in [2.24, 2.45) is 0 Å². The first-order valence-corrected chi connectivity index (χ1v) is 6.10. The molecule has 0 atom stereocenters. The molecule has 1 aliphatic heterocycles. The van der Waals surface area contributed by atoms with Crippen LogP contribution in [-0.2, 0) is 6.54 Å². The fourth-order valence-electron chi connectivity index (χ4n) is 1.74. The monoisotopic (exact) mass is 224 g/mol. The van der Waals surface area contributed by atoms with Crippen molar-refractivity contribution in [1.29, 1.82) is 0 Å². The molecule has 15 heavy (non-hydrogen) atoms. The maximum Gasteiger partial charge on any atom is 0.169 e. The molecule has 82 valence electrons.